The quantitative estimate of drug-likeness (QED) is 0.688. The summed E-state index contributed by atoms with van der Waals surface area (Å²) in [6.07, 6.45) is 1.40. The zero-order valence-electron chi connectivity index (χ0n) is 14.1. The molecule has 0 atom stereocenters. The number of halogens is 3. The molecule has 3 heterocycles. The normalized spacial score (nSPS) is 14.4. The molecule has 140 valence electrons. The molecule has 1 fully saturated rings. The average molecular weight is 393 g/mol. The number of rotatable bonds is 4. The lowest BCUT2D eigenvalue weighted by molar-refractivity contribution is 0.122. The third-order valence-electron chi connectivity index (χ3n) is 4.03. The lowest BCUT2D eigenvalue weighted by atomic mass is 10.3. The van der Waals surface area contributed by atoms with Crippen molar-refractivity contribution in [1.82, 2.24) is 19.7 Å². The Kier molecular flexibility index (Phi) is 4.87. The average Bonchev–Trinajstić information content (AvgIpc) is 3.12. The van der Waals surface area contributed by atoms with E-state index in [4.69, 9.17) is 16.3 Å². The molecule has 0 amide bonds. The van der Waals surface area contributed by atoms with Gasteiger partial charge in [0.05, 0.1) is 18.9 Å². The highest BCUT2D eigenvalue weighted by Crippen LogP contribution is 2.24. The summed E-state index contributed by atoms with van der Waals surface area (Å²) in [5, 5.41) is 7.61. The van der Waals surface area contributed by atoms with E-state index in [-0.39, 0.29) is 5.95 Å². The van der Waals surface area contributed by atoms with Gasteiger partial charge in [0.25, 0.3) is 0 Å². The van der Waals surface area contributed by atoms with Crippen LogP contribution in [0.5, 0.6) is 0 Å². The number of morpholine rings is 1. The minimum atomic E-state index is -0.950. The topological polar surface area (TPSA) is 68.1 Å². The van der Waals surface area contributed by atoms with E-state index < -0.39 is 11.6 Å². The molecule has 0 aliphatic carbocycles. The van der Waals surface area contributed by atoms with Crippen molar-refractivity contribution in [1.29, 1.82) is 0 Å². The predicted molar refractivity (Wildman–Crippen MR) is 96.8 cm³/mol. The Hall–Kier alpha value is -2.78. The first-order valence-corrected chi connectivity index (χ1v) is 8.61. The summed E-state index contributed by atoms with van der Waals surface area (Å²) in [7, 11) is 0. The summed E-state index contributed by atoms with van der Waals surface area (Å²) in [6.45, 7) is 2.74. The van der Waals surface area contributed by atoms with E-state index in [9.17, 15) is 8.78 Å². The fourth-order valence-electron chi connectivity index (χ4n) is 2.71. The monoisotopic (exact) mass is 392 g/mol. The van der Waals surface area contributed by atoms with Crippen molar-refractivity contribution in [2.24, 2.45) is 0 Å². The van der Waals surface area contributed by atoms with Crippen LogP contribution in [0, 0.1) is 11.6 Å². The molecule has 1 saturated heterocycles. The molecule has 10 heteroatoms. The third kappa shape index (κ3) is 3.99. The number of benzene rings is 1. The molecular weight excluding hydrogens is 378 g/mol. The van der Waals surface area contributed by atoms with Gasteiger partial charge in [0, 0.05) is 30.9 Å². The summed E-state index contributed by atoms with van der Waals surface area (Å²) >= 11 is 6.14. The van der Waals surface area contributed by atoms with Crippen LogP contribution < -0.4 is 10.2 Å². The van der Waals surface area contributed by atoms with E-state index in [1.807, 2.05) is 6.07 Å². The van der Waals surface area contributed by atoms with Crippen LogP contribution in [0.25, 0.3) is 5.69 Å². The van der Waals surface area contributed by atoms with E-state index in [1.165, 1.54) is 17.1 Å². The molecule has 27 heavy (non-hydrogen) atoms. The maximum absolute atomic E-state index is 13.4. The van der Waals surface area contributed by atoms with E-state index >= 15 is 0 Å². The van der Waals surface area contributed by atoms with Crippen LogP contribution in [0.1, 0.15) is 0 Å². The minimum Gasteiger partial charge on any atom is -0.378 e. The van der Waals surface area contributed by atoms with Crippen molar-refractivity contribution in [3.8, 4) is 5.69 Å². The van der Waals surface area contributed by atoms with Crippen LogP contribution in [0.4, 0.5) is 26.2 Å². The van der Waals surface area contributed by atoms with Crippen LogP contribution in [-0.2, 0) is 4.74 Å². The van der Waals surface area contributed by atoms with Gasteiger partial charge in [0.1, 0.15) is 17.3 Å². The van der Waals surface area contributed by atoms with Gasteiger partial charge in [-0.15, -0.1) is 5.10 Å². The molecular formula is C17H15ClF2N6O. The van der Waals surface area contributed by atoms with Crippen molar-refractivity contribution in [2.75, 3.05) is 36.5 Å². The van der Waals surface area contributed by atoms with Crippen LogP contribution in [0.15, 0.2) is 36.7 Å². The smallest absolute Gasteiger partial charge is 0.246 e. The number of pyridine rings is 1. The summed E-state index contributed by atoms with van der Waals surface area (Å²) in [4.78, 5) is 10.6. The number of hydrogen-bond donors (Lipinski definition) is 1. The predicted octanol–water partition coefficient (Wildman–Crippen LogP) is 3.17. The maximum Gasteiger partial charge on any atom is 0.246 e. The Balaban J connectivity index is 1.55. The van der Waals surface area contributed by atoms with Crippen LogP contribution in [0.3, 0.4) is 0 Å². The molecule has 0 bridgehead atoms. The first-order valence-electron chi connectivity index (χ1n) is 8.23. The van der Waals surface area contributed by atoms with Gasteiger partial charge < -0.3 is 15.0 Å². The molecule has 0 saturated carbocycles. The Morgan fingerprint density at radius 1 is 1.07 bits per heavy atom. The molecule has 2 aromatic heterocycles. The van der Waals surface area contributed by atoms with Crippen molar-refractivity contribution < 1.29 is 13.5 Å². The third-order valence-corrected chi connectivity index (χ3v) is 4.22. The number of nitrogens with zero attached hydrogens (tertiary/aromatic N) is 5. The van der Waals surface area contributed by atoms with E-state index in [1.54, 1.807) is 6.07 Å². The number of anilines is 3. The highest BCUT2D eigenvalue weighted by atomic mass is 35.5. The number of ether oxygens (including phenoxy) is 1. The zero-order chi connectivity index (χ0) is 18.8. The Labute approximate surface area is 158 Å². The van der Waals surface area contributed by atoms with Crippen LogP contribution in [-0.4, -0.2) is 46.1 Å². The molecule has 7 nitrogen and oxygen atoms in total. The van der Waals surface area contributed by atoms with Gasteiger partial charge in [0.2, 0.25) is 5.95 Å². The molecule has 3 aromatic rings. The molecule has 1 aliphatic rings. The zero-order valence-corrected chi connectivity index (χ0v) is 14.8. The van der Waals surface area contributed by atoms with Gasteiger partial charge in [-0.25, -0.2) is 18.4 Å². The highest BCUT2D eigenvalue weighted by Gasteiger charge is 2.15. The number of nitrogens with one attached hydrogen (secondary N) is 1. The summed E-state index contributed by atoms with van der Waals surface area (Å²) in [5.41, 5.74) is 1.02. The van der Waals surface area contributed by atoms with Crippen molar-refractivity contribution >= 4 is 29.1 Å². The van der Waals surface area contributed by atoms with Gasteiger partial charge in [-0.1, -0.05) is 11.6 Å². The van der Waals surface area contributed by atoms with Gasteiger partial charge in [0.15, 0.2) is 11.6 Å². The van der Waals surface area contributed by atoms with Crippen LogP contribution >= 0.6 is 11.6 Å². The first kappa shape index (κ1) is 17.6. The Morgan fingerprint density at radius 2 is 1.89 bits per heavy atom. The molecule has 1 N–H and O–H groups in total. The summed E-state index contributed by atoms with van der Waals surface area (Å²) < 4.78 is 33.2. The number of aromatic nitrogens is 4. The van der Waals surface area contributed by atoms with Gasteiger partial charge in [-0.2, -0.15) is 4.98 Å². The number of hydrogen-bond acceptors (Lipinski definition) is 6. The van der Waals surface area contributed by atoms with Crippen molar-refractivity contribution in [3.05, 3.63) is 53.4 Å². The lowest BCUT2D eigenvalue weighted by Gasteiger charge is -2.28. The maximum atomic E-state index is 13.4. The second-order valence-electron chi connectivity index (χ2n) is 5.87. The van der Waals surface area contributed by atoms with E-state index in [2.05, 4.69) is 25.3 Å². The van der Waals surface area contributed by atoms with Crippen molar-refractivity contribution in [2.45, 2.75) is 0 Å². The summed E-state index contributed by atoms with van der Waals surface area (Å²) in [6, 6.07) is 7.00. The molecule has 4 rings (SSSR count). The summed E-state index contributed by atoms with van der Waals surface area (Å²) in [5.74, 6) is -0.851. The van der Waals surface area contributed by atoms with E-state index in [0.717, 1.165) is 31.0 Å². The van der Waals surface area contributed by atoms with E-state index in [0.29, 0.717) is 29.7 Å². The van der Waals surface area contributed by atoms with Gasteiger partial charge in [-0.3, -0.25) is 0 Å². The van der Waals surface area contributed by atoms with Gasteiger partial charge in [-0.05, 0) is 18.2 Å². The van der Waals surface area contributed by atoms with Crippen molar-refractivity contribution in [3.63, 3.8) is 0 Å². The fourth-order valence-corrected chi connectivity index (χ4v) is 2.92. The van der Waals surface area contributed by atoms with Gasteiger partial charge >= 0.3 is 0 Å². The molecule has 0 spiro atoms. The van der Waals surface area contributed by atoms with Crippen LogP contribution in [0.2, 0.25) is 5.15 Å². The largest absolute Gasteiger partial charge is 0.378 e. The first-order chi connectivity index (χ1) is 13.1. The Morgan fingerprint density at radius 3 is 2.67 bits per heavy atom. The standard InChI is InChI=1S/C17H15ClF2N6O/c18-15-7-11(8-16(23-15)25-3-5-27-6-4-25)22-17-21-10-26(24-17)12-1-2-13(19)14(20)9-12/h1-2,7-10H,3-6H2,(H,22,23,24). The second kappa shape index (κ2) is 7.45. The fraction of sp³-hybridized carbons (Fsp3) is 0.235. The lowest BCUT2D eigenvalue weighted by Crippen LogP contribution is -2.36. The molecule has 0 radical (unpaired) electrons. The Bertz CT molecular complexity index is 960. The molecule has 0 unspecified atom stereocenters. The highest BCUT2D eigenvalue weighted by molar-refractivity contribution is 6.29. The molecule has 1 aliphatic heterocycles. The molecule has 1 aromatic carbocycles. The SMILES string of the molecule is Fc1ccc(-n2cnc(Nc3cc(Cl)nc(N4CCOCC4)c3)n2)cc1F. The second-order valence-corrected chi connectivity index (χ2v) is 6.26. The minimum absolute atomic E-state index is 0.287.